The zero-order valence-corrected chi connectivity index (χ0v) is 29.3. The lowest BCUT2D eigenvalue weighted by molar-refractivity contribution is 0.516. The molecule has 0 aliphatic heterocycles. The lowest BCUT2D eigenvalue weighted by Gasteiger charge is -2.05. The number of thioether (sulfide) groups is 1. The van der Waals surface area contributed by atoms with Crippen LogP contribution in [0.2, 0.25) is 0 Å². The Bertz CT molecular complexity index is 368. The minimum absolute atomic E-state index is 1.33. The molecule has 1 radical (unpaired) electrons. The van der Waals surface area contributed by atoms with Crippen molar-refractivity contribution in [1.82, 2.24) is 0 Å². The monoisotopic (exact) mass is 580 g/mol. The highest BCUT2D eigenvalue weighted by Gasteiger charge is 1.97. The SMILES string of the molecule is CCCCCCCCCCCCCCCCCCCCCCCCCCC[CH]SCCCCCCCCCCC. The maximum atomic E-state index is 2.50. The molecule has 0 aromatic rings. The normalized spacial score (nSPS) is 11.6. The lowest BCUT2D eigenvalue weighted by atomic mass is 10.0. The van der Waals surface area contributed by atoms with E-state index in [1.807, 2.05) is 0 Å². The van der Waals surface area contributed by atoms with E-state index in [4.69, 9.17) is 0 Å². The van der Waals surface area contributed by atoms with Crippen molar-refractivity contribution in [2.45, 2.75) is 239 Å². The number of hydrogen-bond donors (Lipinski definition) is 0. The molecule has 0 saturated carbocycles. The van der Waals surface area contributed by atoms with Gasteiger partial charge in [0.15, 0.2) is 0 Å². The molecule has 0 aliphatic rings. The summed E-state index contributed by atoms with van der Waals surface area (Å²) in [6, 6.07) is 0. The summed E-state index contributed by atoms with van der Waals surface area (Å²) in [7, 11) is 0. The van der Waals surface area contributed by atoms with Crippen molar-refractivity contribution < 1.29 is 0 Å². The van der Waals surface area contributed by atoms with Gasteiger partial charge in [0.2, 0.25) is 0 Å². The highest BCUT2D eigenvalue weighted by molar-refractivity contribution is 8.01. The first-order chi connectivity index (χ1) is 19.9. The van der Waals surface area contributed by atoms with Gasteiger partial charge >= 0.3 is 0 Å². The van der Waals surface area contributed by atoms with E-state index in [9.17, 15) is 0 Å². The van der Waals surface area contributed by atoms with Gasteiger partial charge in [-0.05, 0) is 18.6 Å². The maximum Gasteiger partial charge on any atom is 0.0166 e. The summed E-state index contributed by atoms with van der Waals surface area (Å²) in [5, 5.41) is 0. The Morgan fingerprint density at radius 1 is 0.275 bits per heavy atom. The second-order valence-corrected chi connectivity index (χ2v) is 14.2. The molecule has 0 saturated heterocycles. The Labute approximate surface area is 261 Å². The van der Waals surface area contributed by atoms with Crippen LogP contribution >= 0.6 is 11.8 Å². The third-order valence-electron chi connectivity index (χ3n) is 8.91. The highest BCUT2D eigenvalue weighted by Crippen LogP contribution is 2.18. The fourth-order valence-electron chi connectivity index (χ4n) is 6.03. The minimum atomic E-state index is 1.33. The predicted octanol–water partition coefficient (Wildman–Crippen LogP) is 15.6. The Kier molecular flexibility index (Phi) is 39.7. The first kappa shape index (κ1) is 40.4. The second-order valence-electron chi connectivity index (χ2n) is 13.1. The lowest BCUT2D eigenvalue weighted by Crippen LogP contribution is -1.85. The first-order valence-corrected chi connectivity index (χ1v) is 20.4. The van der Waals surface area contributed by atoms with Crippen LogP contribution in [0.25, 0.3) is 0 Å². The van der Waals surface area contributed by atoms with Gasteiger partial charge < -0.3 is 0 Å². The highest BCUT2D eigenvalue weighted by atomic mass is 32.2. The van der Waals surface area contributed by atoms with Crippen LogP contribution in [0.1, 0.15) is 239 Å². The fourth-order valence-corrected chi connectivity index (χ4v) is 6.90. The summed E-state index contributed by atoms with van der Waals surface area (Å²) >= 11 is 2.10. The van der Waals surface area contributed by atoms with Crippen LogP contribution in [0.5, 0.6) is 0 Å². The molecule has 0 rings (SSSR count). The van der Waals surface area contributed by atoms with Gasteiger partial charge in [-0.3, -0.25) is 0 Å². The Morgan fingerprint density at radius 2 is 0.500 bits per heavy atom. The molecule has 0 heterocycles. The molecule has 0 aromatic carbocycles. The van der Waals surface area contributed by atoms with Crippen molar-refractivity contribution in [1.29, 1.82) is 0 Å². The van der Waals surface area contributed by atoms with Crippen LogP contribution in [0, 0.1) is 5.75 Å². The zero-order valence-electron chi connectivity index (χ0n) is 28.4. The van der Waals surface area contributed by atoms with Crippen molar-refractivity contribution in [3.8, 4) is 0 Å². The molecule has 0 nitrogen and oxygen atoms in total. The van der Waals surface area contributed by atoms with E-state index in [1.54, 1.807) is 0 Å². The Morgan fingerprint density at radius 3 is 0.775 bits per heavy atom. The molecule has 40 heavy (non-hydrogen) atoms. The van der Waals surface area contributed by atoms with Gasteiger partial charge in [-0.15, -0.1) is 0 Å². The molecule has 0 spiro atoms. The van der Waals surface area contributed by atoms with Crippen LogP contribution < -0.4 is 0 Å². The van der Waals surface area contributed by atoms with E-state index in [0.29, 0.717) is 0 Å². The van der Waals surface area contributed by atoms with Crippen LogP contribution in [-0.2, 0) is 0 Å². The van der Waals surface area contributed by atoms with Gasteiger partial charge in [-0.2, -0.15) is 11.8 Å². The predicted molar refractivity (Wildman–Crippen MR) is 190 cm³/mol. The summed E-state index contributed by atoms with van der Waals surface area (Å²) in [4.78, 5) is 0. The third-order valence-corrected chi connectivity index (χ3v) is 9.90. The van der Waals surface area contributed by atoms with Crippen molar-refractivity contribution in [2.24, 2.45) is 0 Å². The van der Waals surface area contributed by atoms with Gasteiger partial charge in [0, 0.05) is 5.75 Å². The average Bonchev–Trinajstić information content (AvgIpc) is 2.97. The topological polar surface area (TPSA) is 0 Å². The van der Waals surface area contributed by atoms with Gasteiger partial charge in [-0.25, -0.2) is 0 Å². The van der Waals surface area contributed by atoms with Crippen LogP contribution in [0.3, 0.4) is 0 Å². The van der Waals surface area contributed by atoms with Crippen molar-refractivity contribution >= 4 is 11.8 Å². The minimum Gasteiger partial charge on any atom is -0.157 e. The Balaban J connectivity index is 3.01. The molecule has 0 atom stereocenters. The van der Waals surface area contributed by atoms with E-state index in [1.165, 1.54) is 230 Å². The summed E-state index contributed by atoms with van der Waals surface area (Å²) in [6.45, 7) is 4.61. The molecule has 0 aliphatic carbocycles. The molecule has 0 aromatic heterocycles. The molecular weight excluding hydrogens is 500 g/mol. The van der Waals surface area contributed by atoms with E-state index >= 15 is 0 Å². The number of hydrogen-bond acceptors (Lipinski definition) is 1. The van der Waals surface area contributed by atoms with Gasteiger partial charge in [0.1, 0.15) is 0 Å². The van der Waals surface area contributed by atoms with Gasteiger partial charge in [0.25, 0.3) is 0 Å². The third kappa shape index (κ3) is 38.4. The van der Waals surface area contributed by atoms with Gasteiger partial charge in [-0.1, -0.05) is 226 Å². The second kappa shape index (κ2) is 39.4. The van der Waals surface area contributed by atoms with Crippen molar-refractivity contribution in [3.63, 3.8) is 0 Å². The van der Waals surface area contributed by atoms with Crippen LogP contribution in [0.15, 0.2) is 0 Å². The van der Waals surface area contributed by atoms with E-state index < -0.39 is 0 Å². The molecule has 0 amide bonds. The summed E-state index contributed by atoms with van der Waals surface area (Å²) in [5.74, 6) is 3.86. The van der Waals surface area contributed by atoms with Crippen molar-refractivity contribution in [3.05, 3.63) is 5.75 Å². The largest absolute Gasteiger partial charge is 0.157 e. The molecule has 0 N–H and O–H groups in total. The molecule has 0 unspecified atom stereocenters. The number of rotatable bonds is 37. The van der Waals surface area contributed by atoms with Crippen LogP contribution in [0.4, 0.5) is 0 Å². The summed E-state index contributed by atoms with van der Waals surface area (Å²) in [5.41, 5.74) is 0. The quantitative estimate of drug-likeness (QED) is 0.0659. The first-order valence-electron chi connectivity index (χ1n) is 19.3. The van der Waals surface area contributed by atoms with Crippen LogP contribution in [-0.4, -0.2) is 5.75 Å². The average molecular weight is 580 g/mol. The zero-order chi connectivity index (χ0) is 28.9. The number of unbranched alkanes of at least 4 members (excludes halogenated alkanes) is 33. The van der Waals surface area contributed by atoms with E-state index in [-0.39, 0.29) is 0 Å². The standard InChI is InChI=1S/C39H79S/c1-3-5-7-9-11-13-14-15-16-17-18-19-20-21-22-23-24-25-26-27-28-29-31-33-35-37-39-40-38-36-34-32-30-12-10-8-6-4-2/h39H,3-38H2,1-2H3. The molecule has 1 heteroatoms. The van der Waals surface area contributed by atoms with Gasteiger partial charge in [0.05, 0.1) is 0 Å². The van der Waals surface area contributed by atoms with E-state index in [2.05, 4.69) is 31.4 Å². The fraction of sp³-hybridized carbons (Fsp3) is 0.974. The smallest absolute Gasteiger partial charge is 0.0166 e. The molecular formula is C39H79S. The van der Waals surface area contributed by atoms with Crippen molar-refractivity contribution in [2.75, 3.05) is 5.75 Å². The maximum absolute atomic E-state index is 2.50. The Hall–Kier alpha value is 0.350. The van der Waals surface area contributed by atoms with E-state index in [0.717, 1.165) is 0 Å². The molecule has 0 fully saturated rings. The molecule has 241 valence electrons. The molecule has 0 bridgehead atoms. The summed E-state index contributed by atoms with van der Waals surface area (Å²) in [6.07, 6.45) is 51.3. The summed E-state index contributed by atoms with van der Waals surface area (Å²) < 4.78 is 0.